The Morgan fingerprint density at radius 2 is 2.06 bits per heavy atom. The summed E-state index contributed by atoms with van der Waals surface area (Å²) in [7, 11) is 0. The minimum atomic E-state index is -0.440. The Labute approximate surface area is 95.2 Å². The van der Waals surface area contributed by atoms with Crippen molar-refractivity contribution < 1.29 is 14.6 Å². The van der Waals surface area contributed by atoms with Crippen molar-refractivity contribution in [3.8, 4) is 0 Å². The van der Waals surface area contributed by atoms with Crippen LogP contribution in [0.2, 0.25) is 0 Å². The maximum absolute atomic E-state index is 11.3. The summed E-state index contributed by atoms with van der Waals surface area (Å²) in [4.78, 5) is 11.3. The molecule has 0 saturated carbocycles. The molecule has 0 aliphatic carbocycles. The second kappa shape index (κ2) is 6.85. The fourth-order valence-corrected chi connectivity index (χ4v) is 1.16. The van der Waals surface area contributed by atoms with Gasteiger partial charge in [0.25, 0.3) is 0 Å². The van der Waals surface area contributed by atoms with E-state index >= 15 is 0 Å². The fraction of sp³-hybridized carbons (Fsp3) is 0.417. The van der Waals surface area contributed by atoms with Crippen LogP contribution in [0.15, 0.2) is 24.3 Å². The van der Waals surface area contributed by atoms with Crippen LogP contribution in [0.3, 0.4) is 0 Å². The first kappa shape index (κ1) is 12.5. The molecule has 1 amide bonds. The average molecular weight is 223 g/mol. The lowest BCUT2D eigenvalue weighted by Gasteiger charge is -2.06. The molecule has 1 rings (SSSR count). The molecule has 0 radical (unpaired) electrons. The number of anilines is 1. The Balaban J connectivity index is 2.37. The summed E-state index contributed by atoms with van der Waals surface area (Å²) < 4.78 is 4.94. The molecule has 0 aromatic heterocycles. The normalized spacial score (nSPS) is 9.88. The Morgan fingerprint density at radius 1 is 1.38 bits per heavy atom. The van der Waals surface area contributed by atoms with Gasteiger partial charge in [0.05, 0.1) is 13.2 Å². The molecule has 4 nitrogen and oxygen atoms in total. The van der Waals surface area contributed by atoms with E-state index in [1.165, 1.54) is 0 Å². The lowest BCUT2D eigenvalue weighted by Crippen LogP contribution is -2.14. The lowest BCUT2D eigenvalue weighted by atomic mass is 10.2. The molecule has 2 N–H and O–H groups in total. The highest BCUT2D eigenvalue weighted by Gasteiger charge is 2.02. The van der Waals surface area contributed by atoms with Crippen LogP contribution in [0, 0.1) is 0 Å². The highest BCUT2D eigenvalue weighted by atomic mass is 16.5. The Kier molecular flexibility index (Phi) is 5.36. The fourth-order valence-electron chi connectivity index (χ4n) is 1.16. The quantitative estimate of drug-likeness (QED) is 0.754. The molecule has 16 heavy (non-hydrogen) atoms. The van der Waals surface area contributed by atoms with Crippen molar-refractivity contribution in [2.45, 2.75) is 26.4 Å². The van der Waals surface area contributed by atoms with Gasteiger partial charge in [-0.3, -0.25) is 5.32 Å². The van der Waals surface area contributed by atoms with Gasteiger partial charge in [0.15, 0.2) is 0 Å². The first-order valence-corrected chi connectivity index (χ1v) is 5.40. The molecule has 0 aliphatic heterocycles. The standard InChI is InChI=1S/C12H17NO3/c1-2-3-8-16-12(15)13-11-6-4-10(9-14)5-7-11/h4-7,14H,2-3,8-9H2,1H3,(H,13,15). The van der Waals surface area contributed by atoms with E-state index in [-0.39, 0.29) is 6.61 Å². The largest absolute Gasteiger partial charge is 0.449 e. The highest BCUT2D eigenvalue weighted by molar-refractivity contribution is 5.84. The Hall–Kier alpha value is -1.55. The third-order valence-corrected chi connectivity index (χ3v) is 2.11. The predicted octanol–water partition coefficient (Wildman–Crippen LogP) is 2.53. The molecule has 1 aromatic carbocycles. The van der Waals surface area contributed by atoms with E-state index in [9.17, 15) is 4.79 Å². The summed E-state index contributed by atoms with van der Waals surface area (Å²) in [5.41, 5.74) is 1.48. The highest BCUT2D eigenvalue weighted by Crippen LogP contribution is 2.09. The number of ether oxygens (including phenoxy) is 1. The maximum Gasteiger partial charge on any atom is 0.411 e. The predicted molar refractivity (Wildman–Crippen MR) is 62.2 cm³/mol. The zero-order valence-electron chi connectivity index (χ0n) is 9.40. The van der Waals surface area contributed by atoms with Crippen LogP contribution in [0.25, 0.3) is 0 Å². The molecule has 0 saturated heterocycles. The summed E-state index contributed by atoms with van der Waals surface area (Å²) in [6.07, 6.45) is 1.43. The third-order valence-electron chi connectivity index (χ3n) is 2.11. The van der Waals surface area contributed by atoms with Gasteiger partial charge in [0, 0.05) is 5.69 Å². The topological polar surface area (TPSA) is 58.6 Å². The van der Waals surface area contributed by atoms with Crippen LogP contribution in [0.1, 0.15) is 25.3 Å². The van der Waals surface area contributed by atoms with E-state index in [2.05, 4.69) is 5.32 Å². The first-order valence-electron chi connectivity index (χ1n) is 5.40. The van der Waals surface area contributed by atoms with Crippen LogP contribution >= 0.6 is 0 Å². The third kappa shape index (κ3) is 4.31. The van der Waals surface area contributed by atoms with Crippen molar-refractivity contribution in [3.63, 3.8) is 0 Å². The molecule has 0 fully saturated rings. The van der Waals surface area contributed by atoms with Gasteiger partial charge in [-0.05, 0) is 24.1 Å². The van der Waals surface area contributed by atoms with Crippen molar-refractivity contribution in [3.05, 3.63) is 29.8 Å². The van der Waals surface area contributed by atoms with Crippen molar-refractivity contribution >= 4 is 11.8 Å². The SMILES string of the molecule is CCCCOC(=O)Nc1ccc(CO)cc1. The van der Waals surface area contributed by atoms with E-state index in [0.29, 0.717) is 12.3 Å². The number of hydrogen-bond acceptors (Lipinski definition) is 3. The zero-order chi connectivity index (χ0) is 11.8. The van der Waals surface area contributed by atoms with Gasteiger partial charge in [-0.25, -0.2) is 4.79 Å². The van der Waals surface area contributed by atoms with E-state index in [0.717, 1.165) is 18.4 Å². The van der Waals surface area contributed by atoms with Crippen molar-refractivity contribution in [1.82, 2.24) is 0 Å². The summed E-state index contributed by atoms with van der Waals surface area (Å²) in [6, 6.07) is 6.96. The number of carbonyl (C=O) groups is 1. The number of aliphatic hydroxyl groups is 1. The second-order valence-electron chi connectivity index (χ2n) is 3.47. The maximum atomic E-state index is 11.3. The molecular weight excluding hydrogens is 206 g/mol. The van der Waals surface area contributed by atoms with Gasteiger partial charge in [-0.2, -0.15) is 0 Å². The van der Waals surface area contributed by atoms with Crippen molar-refractivity contribution in [2.75, 3.05) is 11.9 Å². The van der Waals surface area contributed by atoms with E-state index in [4.69, 9.17) is 9.84 Å². The number of nitrogens with one attached hydrogen (secondary N) is 1. The summed E-state index contributed by atoms with van der Waals surface area (Å²) >= 11 is 0. The summed E-state index contributed by atoms with van der Waals surface area (Å²) in [5.74, 6) is 0. The monoisotopic (exact) mass is 223 g/mol. The first-order chi connectivity index (χ1) is 7.76. The minimum absolute atomic E-state index is 0.00122. The van der Waals surface area contributed by atoms with Crippen LogP contribution in [0.4, 0.5) is 10.5 Å². The molecule has 0 spiro atoms. The van der Waals surface area contributed by atoms with Gasteiger partial charge in [-0.1, -0.05) is 25.5 Å². The number of hydrogen-bond donors (Lipinski definition) is 2. The number of benzene rings is 1. The number of amides is 1. The molecule has 0 aliphatic rings. The Morgan fingerprint density at radius 3 is 2.62 bits per heavy atom. The van der Waals surface area contributed by atoms with Gasteiger partial charge in [-0.15, -0.1) is 0 Å². The number of aliphatic hydroxyl groups excluding tert-OH is 1. The molecule has 0 heterocycles. The van der Waals surface area contributed by atoms with Crippen LogP contribution in [-0.2, 0) is 11.3 Å². The molecular formula is C12H17NO3. The molecule has 0 unspecified atom stereocenters. The molecule has 0 bridgehead atoms. The van der Waals surface area contributed by atoms with Crippen molar-refractivity contribution in [1.29, 1.82) is 0 Å². The minimum Gasteiger partial charge on any atom is -0.449 e. The van der Waals surface area contributed by atoms with Crippen LogP contribution < -0.4 is 5.32 Å². The number of carbonyl (C=O) groups excluding carboxylic acids is 1. The van der Waals surface area contributed by atoms with Gasteiger partial charge >= 0.3 is 6.09 Å². The van der Waals surface area contributed by atoms with E-state index < -0.39 is 6.09 Å². The van der Waals surface area contributed by atoms with E-state index in [1.54, 1.807) is 24.3 Å². The number of unbranched alkanes of at least 4 members (excludes halogenated alkanes) is 1. The van der Waals surface area contributed by atoms with Crippen LogP contribution in [0.5, 0.6) is 0 Å². The van der Waals surface area contributed by atoms with E-state index in [1.807, 2.05) is 6.92 Å². The van der Waals surface area contributed by atoms with Gasteiger partial charge in [0.1, 0.15) is 0 Å². The van der Waals surface area contributed by atoms with Gasteiger partial charge in [0.2, 0.25) is 0 Å². The summed E-state index contributed by atoms with van der Waals surface area (Å²) in [6.45, 7) is 2.48. The molecule has 1 aromatic rings. The molecule has 4 heteroatoms. The van der Waals surface area contributed by atoms with Gasteiger partial charge < -0.3 is 9.84 Å². The molecule has 88 valence electrons. The number of rotatable bonds is 5. The smallest absolute Gasteiger partial charge is 0.411 e. The Bertz CT molecular complexity index is 322. The summed E-state index contributed by atoms with van der Waals surface area (Å²) in [5, 5.41) is 11.5. The molecule has 0 atom stereocenters. The average Bonchev–Trinajstić information content (AvgIpc) is 2.30. The zero-order valence-corrected chi connectivity index (χ0v) is 9.40. The van der Waals surface area contributed by atoms with Crippen molar-refractivity contribution in [2.24, 2.45) is 0 Å². The van der Waals surface area contributed by atoms with Crippen LogP contribution in [-0.4, -0.2) is 17.8 Å². The second-order valence-corrected chi connectivity index (χ2v) is 3.47. The lowest BCUT2D eigenvalue weighted by molar-refractivity contribution is 0.160.